The summed E-state index contributed by atoms with van der Waals surface area (Å²) in [5.74, 6) is -0.602. The van der Waals surface area contributed by atoms with E-state index in [1.165, 1.54) is 29.2 Å². The third-order valence-electron chi connectivity index (χ3n) is 4.19. The number of hydrogen-bond acceptors (Lipinski definition) is 4. The van der Waals surface area contributed by atoms with Gasteiger partial charge >= 0.3 is 0 Å². The molecule has 5 nitrogen and oxygen atoms in total. The molecule has 0 bridgehead atoms. The van der Waals surface area contributed by atoms with Gasteiger partial charge in [0.1, 0.15) is 17.3 Å². The lowest BCUT2D eigenvalue weighted by Gasteiger charge is -2.15. The summed E-state index contributed by atoms with van der Waals surface area (Å²) in [5, 5.41) is 3.07. The fourth-order valence-electron chi connectivity index (χ4n) is 2.99. The van der Waals surface area contributed by atoms with Crippen molar-refractivity contribution in [2.75, 3.05) is 18.5 Å². The third-order valence-corrected chi connectivity index (χ3v) is 4.19. The highest BCUT2D eigenvalue weighted by Crippen LogP contribution is 2.33. The van der Waals surface area contributed by atoms with Crippen LogP contribution in [0, 0.1) is 5.82 Å². The monoisotopic (exact) mass is 368 g/mol. The van der Waals surface area contributed by atoms with Crippen LogP contribution in [0.5, 0.6) is 5.75 Å². The molecule has 27 heavy (non-hydrogen) atoms. The summed E-state index contributed by atoms with van der Waals surface area (Å²) < 4.78 is 18.9. The number of para-hydroxylation sites is 2. The minimum absolute atomic E-state index is 0.173. The largest absolute Gasteiger partial charge is 0.492 e. The molecule has 2 amide bonds. The topological polar surface area (TPSA) is 58.6 Å². The molecule has 2 aromatic rings. The summed E-state index contributed by atoms with van der Waals surface area (Å²) in [7, 11) is 0. The van der Waals surface area contributed by atoms with Crippen molar-refractivity contribution in [2.24, 2.45) is 0 Å². The molecular formula is C21H21FN2O3. The Labute approximate surface area is 157 Å². The molecule has 0 aromatic heterocycles. The van der Waals surface area contributed by atoms with Gasteiger partial charge in [0, 0.05) is 6.54 Å². The lowest BCUT2D eigenvalue weighted by Crippen LogP contribution is -2.33. The molecule has 0 atom stereocenters. The molecule has 2 aromatic carbocycles. The number of ether oxygens (including phenoxy) is 1. The van der Waals surface area contributed by atoms with Crippen molar-refractivity contribution in [3.8, 4) is 5.75 Å². The second kappa shape index (κ2) is 8.03. The molecule has 1 aliphatic heterocycles. The number of nitrogens with zero attached hydrogens (tertiary/aromatic N) is 1. The quantitative estimate of drug-likeness (QED) is 0.755. The van der Waals surface area contributed by atoms with Crippen LogP contribution in [0.25, 0.3) is 5.57 Å². The standard InChI is InChI=1S/C21H21FN2O3/c1-3-13-24-20(25)18(14-9-11-15(22)12-10-14)19(21(24)26)23-16-7-5-6-8-17(16)27-4-2/h5-12,23H,3-4,13H2,1-2H3. The van der Waals surface area contributed by atoms with Gasteiger partial charge in [-0.25, -0.2) is 4.39 Å². The van der Waals surface area contributed by atoms with Gasteiger partial charge in [0.2, 0.25) is 0 Å². The molecule has 0 fully saturated rings. The minimum Gasteiger partial charge on any atom is -0.492 e. The second-order valence-corrected chi connectivity index (χ2v) is 6.07. The van der Waals surface area contributed by atoms with Gasteiger partial charge in [-0.2, -0.15) is 0 Å². The van der Waals surface area contributed by atoms with E-state index in [-0.39, 0.29) is 17.2 Å². The number of rotatable bonds is 7. The molecule has 1 N–H and O–H groups in total. The van der Waals surface area contributed by atoms with Gasteiger partial charge in [0.05, 0.1) is 17.9 Å². The van der Waals surface area contributed by atoms with Crippen molar-refractivity contribution < 1.29 is 18.7 Å². The molecule has 1 aliphatic rings. The van der Waals surface area contributed by atoms with E-state index in [9.17, 15) is 14.0 Å². The average molecular weight is 368 g/mol. The molecule has 0 spiro atoms. The molecule has 1 heterocycles. The molecule has 0 aliphatic carbocycles. The first-order valence-corrected chi connectivity index (χ1v) is 8.92. The van der Waals surface area contributed by atoms with E-state index in [0.717, 1.165) is 0 Å². The molecular weight excluding hydrogens is 347 g/mol. The van der Waals surface area contributed by atoms with Gasteiger partial charge in [-0.3, -0.25) is 14.5 Å². The van der Waals surface area contributed by atoms with Crippen molar-refractivity contribution in [1.29, 1.82) is 0 Å². The Morgan fingerprint density at radius 3 is 2.37 bits per heavy atom. The predicted octanol–water partition coefficient (Wildman–Crippen LogP) is 3.83. The number of carbonyl (C=O) groups is 2. The van der Waals surface area contributed by atoms with Gasteiger partial charge in [-0.05, 0) is 43.2 Å². The lowest BCUT2D eigenvalue weighted by atomic mass is 10.0. The van der Waals surface area contributed by atoms with Crippen molar-refractivity contribution in [3.05, 3.63) is 65.6 Å². The SMILES string of the molecule is CCCN1C(=O)C(Nc2ccccc2OCC)=C(c2ccc(F)cc2)C1=O. The first kappa shape index (κ1) is 18.6. The number of nitrogens with one attached hydrogen (secondary N) is 1. The number of amides is 2. The highest BCUT2D eigenvalue weighted by atomic mass is 19.1. The number of halogens is 1. The molecule has 0 unspecified atom stereocenters. The Bertz CT molecular complexity index is 891. The van der Waals surface area contributed by atoms with E-state index in [1.54, 1.807) is 12.1 Å². The Kier molecular flexibility index (Phi) is 5.54. The highest BCUT2D eigenvalue weighted by Gasteiger charge is 2.38. The third kappa shape index (κ3) is 3.69. The molecule has 6 heteroatoms. The molecule has 140 valence electrons. The Balaban J connectivity index is 2.07. The van der Waals surface area contributed by atoms with Gasteiger partial charge in [-0.15, -0.1) is 0 Å². The molecule has 0 radical (unpaired) electrons. The lowest BCUT2D eigenvalue weighted by molar-refractivity contribution is -0.136. The van der Waals surface area contributed by atoms with E-state index in [4.69, 9.17) is 4.74 Å². The fourth-order valence-corrected chi connectivity index (χ4v) is 2.99. The zero-order valence-electron chi connectivity index (χ0n) is 15.3. The van der Waals surface area contributed by atoms with Crippen LogP contribution in [-0.2, 0) is 9.59 Å². The Morgan fingerprint density at radius 2 is 1.70 bits per heavy atom. The Morgan fingerprint density at radius 1 is 1.00 bits per heavy atom. The van der Waals surface area contributed by atoms with Crippen molar-refractivity contribution in [2.45, 2.75) is 20.3 Å². The van der Waals surface area contributed by atoms with Crippen LogP contribution in [0.1, 0.15) is 25.8 Å². The van der Waals surface area contributed by atoms with Gasteiger partial charge in [0.25, 0.3) is 11.8 Å². The van der Waals surface area contributed by atoms with Crippen LogP contribution < -0.4 is 10.1 Å². The zero-order valence-corrected chi connectivity index (χ0v) is 15.3. The summed E-state index contributed by atoms with van der Waals surface area (Å²) in [6, 6.07) is 12.8. The van der Waals surface area contributed by atoms with Crippen molar-refractivity contribution in [1.82, 2.24) is 4.90 Å². The summed E-state index contributed by atoms with van der Waals surface area (Å²) in [4.78, 5) is 27.0. The average Bonchev–Trinajstić information content (AvgIpc) is 2.89. The summed E-state index contributed by atoms with van der Waals surface area (Å²) in [6.07, 6.45) is 0.650. The van der Waals surface area contributed by atoms with Crippen LogP contribution >= 0.6 is 0 Å². The summed E-state index contributed by atoms with van der Waals surface area (Å²) in [5.41, 5.74) is 1.49. The maximum atomic E-state index is 13.3. The van der Waals surface area contributed by atoms with Gasteiger partial charge in [0.15, 0.2) is 0 Å². The highest BCUT2D eigenvalue weighted by molar-refractivity contribution is 6.36. The number of imide groups is 1. The second-order valence-electron chi connectivity index (χ2n) is 6.07. The number of benzene rings is 2. The smallest absolute Gasteiger partial charge is 0.278 e. The van der Waals surface area contributed by atoms with Crippen LogP contribution in [0.2, 0.25) is 0 Å². The van der Waals surface area contributed by atoms with E-state index in [0.29, 0.717) is 36.6 Å². The van der Waals surface area contributed by atoms with E-state index in [2.05, 4.69) is 5.32 Å². The maximum Gasteiger partial charge on any atom is 0.278 e. The number of hydrogen-bond donors (Lipinski definition) is 1. The van der Waals surface area contributed by atoms with Crippen LogP contribution in [0.3, 0.4) is 0 Å². The van der Waals surface area contributed by atoms with E-state index in [1.807, 2.05) is 26.0 Å². The molecule has 0 saturated heterocycles. The van der Waals surface area contributed by atoms with Gasteiger partial charge in [-0.1, -0.05) is 31.2 Å². The summed E-state index contributed by atoms with van der Waals surface area (Å²) in [6.45, 7) is 4.55. The maximum absolute atomic E-state index is 13.3. The van der Waals surface area contributed by atoms with Gasteiger partial charge < -0.3 is 10.1 Å². The number of carbonyl (C=O) groups excluding carboxylic acids is 2. The van der Waals surface area contributed by atoms with Crippen LogP contribution in [0.15, 0.2) is 54.2 Å². The predicted molar refractivity (Wildman–Crippen MR) is 102 cm³/mol. The fraction of sp³-hybridized carbons (Fsp3) is 0.238. The van der Waals surface area contributed by atoms with Crippen LogP contribution in [-0.4, -0.2) is 29.9 Å². The van der Waals surface area contributed by atoms with E-state index >= 15 is 0 Å². The first-order chi connectivity index (χ1) is 13.1. The molecule has 0 saturated carbocycles. The van der Waals surface area contributed by atoms with Crippen LogP contribution in [0.4, 0.5) is 10.1 Å². The van der Waals surface area contributed by atoms with Crippen molar-refractivity contribution in [3.63, 3.8) is 0 Å². The Hall–Kier alpha value is -3.15. The van der Waals surface area contributed by atoms with E-state index < -0.39 is 11.7 Å². The molecule has 3 rings (SSSR count). The zero-order chi connectivity index (χ0) is 19.4. The first-order valence-electron chi connectivity index (χ1n) is 8.92. The minimum atomic E-state index is -0.405. The number of anilines is 1. The normalized spacial score (nSPS) is 14.1. The van der Waals surface area contributed by atoms with Crippen molar-refractivity contribution >= 4 is 23.1 Å². The summed E-state index contributed by atoms with van der Waals surface area (Å²) >= 11 is 0.